The van der Waals surface area contributed by atoms with Crippen LogP contribution in [0.5, 0.6) is 0 Å². The van der Waals surface area contributed by atoms with Crippen LogP contribution in [-0.2, 0) is 11.2 Å². The van der Waals surface area contributed by atoms with Crippen molar-refractivity contribution in [1.29, 1.82) is 0 Å². The fraction of sp³-hybridized carbons (Fsp3) is 0.571. The number of hydrogen-bond donors (Lipinski definition) is 4. The summed E-state index contributed by atoms with van der Waals surface area (Å²) < 4.78 is 7.36. The number of aryl methyl sites for hydroxylation is 1. The van der Waals surface area contributed by atoms with Gasteiger partial charge in [-0.25, -0.2) is 9.97 Å². The number of hydrogen-bond acceptors (Lipinski definition) is 7. The second kappa shape index (κ2) is 5.81. The second-order valence-electron chi connectivity index (χ2n) is 5.48. The summed E-state index contributed by atoms with van der Waals surface area (Å²) in [6.07, 6.45) is -0.974. The lowest BCUT2D eigenvalue weighted by atomic mass is 10.1. The Hall–Kier alpha value is -1.74. The number of nitrogens with two attached hydrogens (primary N) is 1. The number of aromatic nitrogens is 3. The summed E-state index contributed by atoms with van der Waals surface area (Å²) in [5.41, 5.74) is 7.33. The molecule has 0 bridgehead atoms. The standard InChI is InChI=1S/C14H20N4O4/c1-2-3-7-4-8-12(15)16-6-17-13(8)18(7)14-11(21)10(20)9(5-19)22-14/h4,6,9-11,14,19-21H,2-3,5H2,1H3,(H2,15,16,17)/t9-,10-,11-,14-/m1/s1. The van der Waals surface area contributed by atoms with Gasteiger partial charge < -0.3 is 30.4 Å². The first-order valence-corrected chi connectivity index (χ1v) is 7.31. The minimum Gasteiger partial charge on any atom is -0.394 e. The third-order valence-electron chi connectivity index (χ3n) is 4.02. The van der Waals surface area contributed by atoms with E-state index in [4.69, 9.17) is 10.5 Å². The molecular weight excluding hydrogens is 288 g/mol. The Morgan fingerprint density at radius 3 is 2.73 bits per heavy atom. The molecular formula is C14H20N4O4. The van der Waals surface area contributed by atoms with Gasteiger partial charge in [-0.1, -0.05) is 13.3 Å². The molecule has 8 heteroatoms. The maximum absolute atomic E-state index is 10.3. The maximum Gasteiger partial charge on any atom is 0.164 e. The van der Waals surface area contributed by atoms with Crippen molar-refractivity contribution in [2.75, 3.05) is 12.3 Å². The first-order chi connectivity index (χ1) is 10.6. The molecule has 0 amide bonds. The van der Waals surface area contributed by atoms with Gasteiger partial charge in [-0.15, -0.1) is 0 Å². The predicted molar refractivity (Wildman–Crippen MR) is 78.9 cm³/mol. The molecule has 1 fully saturated rings. The zero-order valence-electron chi connectivity index (χ0n) is 12.3. The van der Waals surface area contributed by atoms with Crippen molar-refractivity contribution < 1.29 is 20.1 Å². The molecule has 2 aromatic rings. The number of rotatable bonds is 4. The van der Waals surface area contributed by atoms with E-state index in [-0.39, 0.29) is 6.61 Å². The molecule has 0 aliphatic carbocycles. The van der Waals surface area contributed by atoms with Gasteiger partial charge in [0.25, 0.3) is 0 Å². The van der Waals surface area contributed by atoms with E-state index in [0.29, 0.717) is 16.9 Å². The number of aliphatic hydroxyl groups excluding tert-OH is 3. The summed E-state index contributed by atoms with van der Waals surface area (Å²) in [5.74, 6) is 0.354. The van der Waals surface area contributed by atoms with E-state index in [1.54, 1.807) is 4.57 Å². The zero-order chi connectivity index (χ0) is 15.9. The first kappa shape index (κ1) is 15.2. The predicted octanol–water partition coefficient (Wildman–Crippen LogP) is -0.423. The van der Waals surface area contributed by atoms with Crippen LogP contribution in [0.3, 0.4) is 0 Å². The highest BCUT2D eigenvalue weighted by molar-refractivity contribution is 5.87. The Bertz CT molecular complexity index is 674. The van der Waals surface area contributed by atoms with Crippen LogP contribution in [0.2, 0.25) is 0 Å². The molecule has 0 aromatic carbocycles. The number of nitrogen functional groups attached to an aromatic ring is 1. The van der Waals surface area contributed by atoms with Crippen LogP contribution < -0.4 is 5.73 Å². The molecule has 8 nitrogen and oxygen atoms in total. The van der Waals surface area contributed by atoms with Crippen LogP contribution in [0.1, 0.15) is 25.3 Å². The van der Waals surface area contributed by atoms with Gasteiger partial charge in [0.2, 0.25) is 0 Å². The number of aliphatic hydroxyl groups is 3. The van der Waals surface area contributed by atoms with Crippen molar-refractivity contribution in [2.45, 2.75) is 44.3 Å². The molecule has 1 aliphatic rings. The molecule has 4 atom stereocenters. The lowest BCUT2D eigenvalue weighted by Gasteiger charge is -2.20. The average molecular weight is 308 g/mol. The Balaban J connectivity index is 2.13. The molecule has 0 saturated carbocycles. The van der Waals surface area contributed by atoms with E-state index in [2.05, 4.69) is 9.97 Å². The third kappa shape index (κ3) is 2.24. The van der Waals surface area contributed by atoms with Crippen LogP contribution in [0.25, 0.3) is 11.0 Å². The topological polar surface area (TPSA) is 127 Å². The smallest absolute Gasteiger partial charge is 0.164 e. The summed E-state index contributed by atoms with van der Waals surface area (Å²) in [5, 5.41) is 30.2. The van der Waals surface area contributed by atoms with Crippen molar-refractivity contribution >= 4 is 16.9 Å². The van der Waals surface area contributed by atoms with Crippen LogP contribution in [-0.4, -0.2) is 54.8 Å². The largest absolute Gasteiger partial charge is 0.394 e. The molecule has 22 heavy (non-hydrogen) atoms. The van der Waals surface area contributed by atoms with Crippen LogP contribution in [0.15, 0.2) is 12.4 Å². The van der Waals surface area contributed by atoms with E-state index in [1.807, 2.05) is 13.0 Å². The third-order valence-corrected chi connectivity index (χ3v) is 4.02. The number of anilines is 1. The van der Waals surface area contributed by atoms with Crippen molar-refractivity contribution in [3.63, 3.8) is 0 Å². The highest BCUT2D eigenvalue weighted by atomic mass is 16.6. The summed E-state index contributed by atoms with van der Waals surface area (Å²) in [7, 11) is 0. The van der Waals surface area contributed by atoms with Crippen LogP contribution >= 0.6 is 0 Å². The normalized spacial score (nSPS) is 28.5. The van der Waals surface area contributed by atoms with E-state index in [9.17, 15) is 15.3 Å². The van der Waals surface area contributed by atoms with E-state index in [1.165, 1.54) is 6.33 Å². The van der Waals surface area contributed by atoms with Crippen LogP contribution in [0, 0.1) is 0 Å². The minimum atomic E-state index is -1.15. The van der Waals surface area contributed by atoms with Crippen LogP contribution in [0.4, 0.5) is 5.82 Å². The molecule has 2 aromatic heterocycles. The molecule has 0 unspecified atom stereocenters. The summed E-state index contributed by atoms with van der Waals surface area (Å²) >= 11 is 0. The van der Waals surface area contributed by atoms with Gasteiger partial charge in [0.1, 0.15) is 36.1 Å². The summed E-state index contributed by atoms with van der Waals surface area (Å²) in [4.78, 5) is 8.21. The first-order valence-electron chi connectivity index (χ1n) is 7.31. The Morgan fingerprint density at radius 2 is 2.09 bits per heavy atom. The quantitative estimate of drug-likeness (QED) is 0.604. The van der Waals surface area contributed by atoms with Crippen molar-refractivity contribution in [2.24, 2.45) is 0 Å². The summed E-state index contributed by atoms with van der Waals surface area (Å²) in [6, 6.07) is 1.88. The minimum absolute atomic E-state index is 0.354. The number of ether oxygens (including phenoxy) is 1. The summed E-state index contributed by atoms with van der Waals surface area (Å²) in [6.45, 7) is 1.67. The SMILES string of the molecule is CCCc1cc2c(N)ncnc2n1[C@@H]1O[C@H](CO)[C@@H](O)[C@H]1O. The van der Waals surface area contributed by atoms with Crippen molar-refractivity contribution in [3.8, 4) is 0 Å². The average Bonchev–Trinajstić information content (AvgIpc) is 3.00. The Labute approximate surface area is 127 Å². The number of nitrogens with zero attached hydrogens (tertiary/aromatic N) is 3. The van der Waals surface area contributed by atoms with Gasteiger partial charge in [0.15, 0.2) is 6.23 Å². The molecule has 3 heterocycles. The highest BCUT2D eigenvalue weighted by Gasteiger charge is 2.44. The van der Waals surface area contributed by atoms with E-state index in [0.717, 1.165) is 18.5 Å². The van der Waals surface area contributed by atoms with Gasteiger partial charge >= 0.3 is 0 Å². The van der Waals surface area contributed by atoms with Gasteiger partial charge in [-0.05, 0) is 12.5 Å². The van der Waals surface area contributed by atoms with Gasteiger partial charge in [0.05, 0.1) is 12.0 Å². The molecule has 0 spiro atoms. The molecule has 5 N–H and O–H groups in total. The fourth-order valence-electron chi connectivity index (χ4n) is 2.93. The fourth-order valence-corrected chi connectivity index (χ4v) is 2.93. The molecule has 1 aliphatic heterocycles. The Morgan fingerprint density at radius 1 is 1.32 bits per heavy atom. The van der Waals surface area contributed by atoms with Gasteiger partial charge in [-0.2, -0.15) is 0 Å². The molecule has 0 radical (unpaired) electrons. The van der Waals surface area contributed by atoms with Crippen molar-refractivity contribution in [3.05, 3.63) is 18.1 Å². The zero-order valence-corrected chi connectivity index (χ0v) is 12.3. The van der Waals surface area contributed by atoms with E-state index >= 15 is 0 Å². The van der Waals surface area contributed by atoms with Gasteiger partial charge in [0, 0.05) is 5.69 Å². The lowest BCUT2D eigenvalue weighted by molar-refractivity contribution is -0.0519. The van der Waals surface area contributed by atoms with Gasteiger partial charge in [-0.3, -0.25) is 0 Å². The molecule has 120 valence electrons. The van der Waals surface area contributed by atoms with E-state index < -0.39 is 24.5 Å². The maximum atomic E-state index is 10.3. The Kier molecular flexibility index (Phi) is 4.00. The molecule has 1 saturated heterocycles. The van der Waals surface area contributed by atoms with Crippen molar-refractivity contribution in [1.82, 2.24) is 14.5 Å². The number of fused-ring (bicyclic) bond motifs is 1. The molecule has 3 rings (SSSR count). The highest BCUT2D eigenvalue weighted by Crippen LogP contribution is 2.35. The monoisotopic (exact) mass is 308 g/mol. The second-order valence-corrected chi connectivity index (χ2v) is 5.48. The lowest BCUT2D eigenvalue weighted by Crippen LogP contribution is -2.33.